The van der Waals surface area contributed by atoms with Crippen LogP contribution in [-0.2, 0) is 6.54 Å². The number of hydrogen-bond donors (Lipinski definition) is 0. The molecule has 0 aliphatic rings. The Morgan fingerprint density at radius 2 is 1.84 bits per heavy atom. The van der Waals surface area contributed by atoms with E-state index in [4.69, 9.17) is 23.2 Å². The molecule has 5 heteroatoms. The van der Waals surface area contributed by atoms with Crippen molar-refractivity contribution in [3.8, 4) is 0 Å². The summed E-state index contributed by atoms with van der Waals surface area (Å²) in [6.45, 7) is 7.31. The maximum absolute atomic E-state index is 6.05. The van der Waals surface area contributed by atoms with Gasteiger partial charge in [0.15, 0.2) is 0 Å². The molecule has 0 unspecified atom stereocenters. The molecule has 0 bridgehead atoms. The first-order valence-corrected chi connectivity index (χ1v) is 7.77. The molecule has 0 amide bonds. The molecule has 0 radical (unpaired) electrons. The third-order valence-electron chi connectivity index (χ3n) is 2.75. The van der Waals surface area contributed by atoms with Crippen molar-refractivity contribution in [1.82, 2.24) is 9.55 Å². The first-order valence-electron chi connectivity index (χ1n) is 6.20. The molecule has 1 heterocycles. The van der Waals surface area contributed by atoms with Crippen LogP contribution in [0.3, 0.4) is 0 Å². The lowest BCUT2D eigenvalue weighted by Gasteiger charge is -2.10. The summed E-state index contributed by atoms with van der Waals surface area (Å²) in [6, 6.07) is 5.60. The lowest BCUT2D eigenvalue weighted by Crippen LogP contribution is -1.97. The van der Waals surface area contributed by atoms with E-state index in [9.17, 15) is 0 Å². The molecule has 2 nitrogen and oxygen atoms in total. The summed E-state index contributed by atoms with van der Waals surface area (Å²) in [7, 11) is 0. The monoisotopic (exact) mass is 314 g/mol. The number of hydrogen-bond acceptors (Lipinski definition) is 2. The molecule has 0 fully saturated rings. The van der Waals surface area contributed by atoms with Crippen LogP contribution in [0.15, 0.2) is 34.4 Å². The minimum absolute atomic E-state index is 0.393. The topological polar surface area (TPSA) is 17.8 Å². The molecular weight excluding hydrogens is 299 g/mol. The van der Waals surface area contributed by atoms with Crippen molar-refractivity contribution < 1.29 is 0 Å². The summed E-state index contributed by atoms with van der Waals surface area (Å²) in [6.07, 6.45) is 1.89. The van der Waals surface area contributed by atoms with E-state index in [0.29, 0.717) is 16.0 Å². The van der Waals surface area contributed by atoms with Gasteiger partial charge in [0.2, 0.25) is 0 Å². The molecule has 0 aliphatic carbocycles. The highest BCUT2D eigenvalue weighted by Crippen LogP contribution is 2.35. The van der Waals surface area contributed by atoms with Crippen LogP contribution in [0.4, 0.5) is 0 Å². The number of benzene rings is 1. The zero-order chi connectivity index (χ0) is 14.0. The van der Waals surface area contributed by atoms with Gasteiger partial charge in [-0.05, 0) is 31.0 Å². The van der Waals surface area contributed by atoms with Gasteiger partial charge in [-0.2, -0.15) is 0 Å². The number of aromatic nitrogens is 2. The number of imidazole rings is 1. The van der Waals surface area contributed by atoms with Crippen LogP contribution in [-0.4, -0.2) is 9.55 Å². The molecule has 0 aliphatic heterocycles. The number of halogens is 2. The van der Waals surface area contributed by atoms with Gasteiger partial charge in [0.05, 0.1) is 12.0 Å². The van der Waals surface area contributed by atoms with E-state index in [1.165, 1.54) is 0 Å². The zero-order valence-electron chi connectivity index (χ0n) is 11.2. The summed E-state index contributed by atoms with van der Waals surface area (Å²) in [5.74, 6) is 0.393. The second kappa shape index (κ2) is 6.21. The van der Waals surface area contributed by atoms with Crippen molar-refractivity contribution in [1.29, 1.82) is 0 Å². The Kier molecular flexibility index (Phi) is 4.82. The summed E-state index contributed by atoms with van der Waals surface area (Å²) < 4.78 is 2.15. The maximum Gasteiger partial charge on any atom is 0.103 e. The van der Waals surface area contributed by atoms with Crippen molar-refractivity contribution in [2.75, 3.05) is 0 Å². The molecule has 102 valence electrons. The minimum atomic E-state index is 0.393. The first kappa shape index (κ1) is 14.8. The van der Waals surface area contributed by atoms with E-state index in [-0.39, 0.29) is 0 Å². The highest BCUT2D eigenvalue weighted by molar-refractivity contribution is 7.99. The number of aryl methyl sites for hydroxylation is 1. The predicted molar refractivity (Wildman–Crippen MR) is 82.6 cm³/mol. The van der Waals surface area contributed by atoms with Gasteiger partial charge in [0, 0.05) is 21.5 Å². The largest absolute Gasteiger partial charge is 0.326 e. The Labute approximate surface area is 128 Å². The van der Waals surface area contributed by atoms with Gasteiger partial charge in [-0.15, -0.1) is 0 Å². The summed E-state index contributed by atoms with van der Waals surface area (Å²) >= 11 is 13.8. The van der Waals surface area contributed by atoms with Crippen LogP contribution < -0.4 is 0 Å². The minimum Gasteiger partial charge on any atom is -0.326 e. The molecule has 0 saturated heterocycles. The lowest BCUT2D eigenvalue weighted by atomic mass is 10.2. The number of rotatable bonds is 4. The summed E-state index contributed by atoms with van der Waals surface area (Å²) in [5.41, 5.74) is 1.11. The Bertz CT molecular complexity index is 559. The lowest BCUT2D eigenvalue weighted by molar-refractivity contribution is 0.683. The maximum atomic E-state index is 6.05. The molecule has 0 atom stereocenters. The van der Waals surface area contributed by atoms with Gasteiger partial charge in [-0.3, -0.25) is 0 Å². The van der Waals surface area contributed by atoms with Crippen molar-refractivity contribution in [3.63, 3.8) is 0 Å². The van der Waals surface area contributed by atoms with Crippen LogP contribution in [0.25, 0.3) is 0 Å². The van der Waals surface area contributed by atoms with Crippen molar-refractivity contribution in [2.24, 2.45) is 0 Å². The third-order valence-corrected chi connectivity index (χ3v) is 4.30. The summed E-state index contributed by atoms with van der Waals surface area (Å²) in [4.78, 5) is 5.54. The van der Waals surface area contributed by atoms with E-state index in [2.05, 4.69) is 30.3 Å². The first-order chi connectivity index (χ1) is 9.01. The molecule has 0 N–H and O–H groups in total. The van der Waals surface area contributed by atoms with E-state index in [0.717, 1.165) is 22.2 Å². The van der Waals surface area contributed by atoms with E-state index < -0.39 is 0 Å². The van der Waals surface area contributed by atoms with Crippen LogP contribution >= 0.6 is 35.0 Å². The van der Waals surface area contributed by atoms with Crippen LogP contribution in [0.5, 0.6) is 0 Å². The number of nitrogens with zero attached hydrogens (tertiary/aromatic N) is 2. The predicted octanol–water partition coefficient (Wildman–Crippen LogP) is 5.48. The fourth-order valence-corrected chi connectivity index (χ4v) is 3.75. The second-order valence-corrected chi connectivity index (χ2v) is 6.52. The van der Waals surface area contributed by atoms with Gasteiger partial charge < -0.3 is 4.57 Å². The van der Waals surface area contributed by atoms with E-state index >= 15 is 0 Å². The quantitative estimate of drug-likeness (QED) is 0.743. The van der Waals surface area contributed by atoms with Gasteiger partial charge in [0.1, 0.15) is 5.03 Å². The molecule has 1 aromatic carbocycles. The molecule has 1 aromatic heterocycles. The summed E-state index contributed by atoms with van der Waals surface area (Å²) in [5, 5.41) is 2.48. The van der Waals surface area contributed by atoms with Gasteiger partial charge in [-0.25, -0.2) is 4.98 Å². The molecule has 0 saturated carbocycles. The molecule has 19 heavy (non-hydrogen) atoms. The molecule has 2 rings (SSSR count). The van der Waals surface area contributed by atoms with Crippen molar-refractivity contribution in [2.45, 2.75) is 43.2 Å². The fraction of sp³-hybridized carbons (Fsp3) is 0.357. The van der Waals surface area contributed by atoms with Gasteiger partial charge >= 0.3 is 0 Å². The van der Waals surface area contributed by atoms with E-state index in [1.807, 2.05) is 18.5 Å². The van der Waals surface area contributed by atoms with Crippen LogP contribution in [0.2, 0.25) is 10.0 Å². The Hall–Kier alpha value is -0.640. The average Bonchev–Trinajstić information content (AvgIpc) is 2.70. The highest BCUT2D eigenvalue weighted by Gasteiger charge is 2.15. The standard InChI is InChI=1S/C14H16Cl2N2S/c1-4-18-8-17-13(9(2)3)14(18)19-12-6-10(15)5-11(16)7-12/h5-9H,4H2,1-3H3. The highest BCUT2D eigenvalue weighted by atomic mass is 35.5. The van der Waals surface area contributed by atoms with Crippen LogP contribution in [0, 0.1) is 0 Å². The SMILES string of the molecule is CCn1cnc(C(C)C)c1Sc1cc(Cl)cc(Cl)c1. The fourth-order valence-electron chi connectivity index (χ4n) is 1.82. The second-order valence-electron chi connectivity index (χ2n) is 4.58. The van der Waals surface area contributed by atoms with Crippen LogP contribution in [0.1, 0.15) is 32.4 Å². The molecular formula is C14H16Cl2N2S. The Balaban J connectivity index is 2.39. The van der Waals surface area contributed by atoms with Crippen molar-refractivity contribution in [3.05, 3.63) is 40.3 Å². The molecule has 2 aromatic rings. The Morgan fingerprint density at radius 1 is 1.21 bits per heavy atom. The third kappa shape index (κ3) is 3.47. The van der Waals surface area contributed by atoms with E-state index in [1.54, 1.807) is 17.8 Å². The molecule has 0 spiro atoms. The Morgan fingerprint density at radius 3 is 2.37 bits per heavy atom. The van der Waals surface area contributed by atoms with Gasteiger partial charge in [0.25, 0.3) is 0 Å². The van der Waals surface area contributed by atoms with Crippen molar-refractivity contribution >= 4 is 35.0 Å². The average molecular weight is 315 g/mol. The zero-order valence-corrected chi connectivity index (χ0v) is 13.5. The van der Waals surface area contributed by atoms with Gasteiger partial charge in [-0.1, -0.05) is 48.8 Å². The smallest absolute Gasteiger partial charge is 0.103 e. The normalized spacial score (nSPS) is 11.3.